The number of rotatable bonds is 7. The molecule has 1 atom stereocenters. The molecule has 1 unspecified atom stereocenters. The quantitative estimate of drug-likeness (QED) is 0.549. The van der Waals surface area contributed by atoms with Crippen molar-refractivity contribution in [2.75, 3.05) is 13.1 Å². The molecule has 1 aliphatic heterocycles. The largest absolute Gasteiger partial charge is 0.271 e. The van der Waals surface area contributed by atoms with E-state index in [1.54, 1.807) is 5.57 Å². The first-order valence-corrected chi connectivity index (χ1v) is 6.53. The van der Waals surface area contributed by atoms with Gasteiger partial charge in [0.1, 0.15) is 12.4 Å². The van der Waals surface area contributed by atoms with Crippen molar-refractivity contribution in [3.05, 3.63) is 24.0 Å². The van der Waals surface area contributed by atoms with Crippen LogP contribution in [0.4, 0.5) is 0 Å². The molecule has 1 aliphatic rings. The van der Waals surface area contributed by atoms with E-state index in [9.17, 15) is 0 Å². The van der Waals surface area contributed by atoms with E-state index in [2.05, 4.69) is 39.2 Å². The van der Waals surface area contributed by atoms with E-state index in [1.165, 1.54) is 45.2 Å². The number of allylic oxidation sites excluding steroid dienone is 2. The highest BCUT2D eigenvalue weighted by atomic mass is 15.3. The maximum Gasteiger partial charge on any atom is 0.104 e. The van der Waals surface area contributed by atoms with Crippen LogP contribution in [0.1, 0.15) is 52.9 Å². The van der Waals surface area contributed by atoms with Gasteiger partial charge in [0.2, 0.25) is 0 Å². The molecule has 0 aliphatic carbocycles. The first-order valence-electron chi connectivity index (χ1n) is 6.53. The van der Waals surface area contributed by atoms with Gasteiger partial charge in [0.15, 0.2) is 0 Å². The Labute approximate surface area is 95.1 Å². The Balaban J connectivity index is 2.54. The molecule has 0 saturated carbocycles. The van der Waals surface area contributed by atoms with Crippen LogP contribution in [0, 0.1) is 0 Å². The number of quaternary nitrogens is 1. The lowest BCUT2D eigenvalue weighted by Gasteiger charge is -2.27. The van der Waals surface area contributed by atoms with E-state index in [1.807, 2.05) is 0 Å². The first-order chi connectivity index (χ1) is 7.26. The molecule has 15 heavy (non-hydrogen) atoms. The summed E-state index contributed by atoms with van der Waals surface area (Å²) in [7, 11) is 0. The van der Waals surface area contributed by atoms with Crippen molar-refractivity contribution >= 4 is 0 Å². The van der Waals surface area contributed by atoms with Crippen LogP contribution in [-0.4, -0.2) is 17.6 Å². The van der Waals surface area contributed by atoms with Gasteiger partial charge in [-0.25, -0.2) is 0 Å². The van der Waals surface area contributed by atoms with Crippen LogP contribution in [0.25, 0.3) is 0 Å². The maximum absolute atomic E-state index is 2.48. The van der Waals surface area contributed by atoms with Crippen LogP contribution < -0.4 is 0 Å². The molecule has 0 spiro atoms. The maximum atomic E-state index is 2.48. The summed E-state index contributed by atoms with van der Waals surface area (Å²) in [5.74, 6) is 0. The molecule has 1 nitrogen and oxygen atoms in total. The summed E-state index contributed by atoms with van der Waals surface area (Å²) >= 11 is 0. The van der Waals surface area contributed by atoms with Crippen LogP contribution in [0.2, 0.25) is 0 Å². The molecule has 1 heterocycles. The van der Waals surface area contributed by atoms with Gasteiger partial charge in [0.05, 0.1) is 13.1 Å². The first kappa shape index (κ1) is 12.5. The van der Waals surface area contributed by atoms with Gasteiger partial charge in [-0.15, -0.1) is 0 Å². The zero-order valence-electron chi connectivity index (χ0n) is 10.6. The van der Waals surface area contributed by atoms with Gasteiger partial charge >= 0.3 is 0 Å². The van der Waals surface area contributed by atoms with E-state index in [4.69, 9.17) is 0 Å². The molecule has 0 aromatic rings. The number of unbranched alkanes of at least 4 members (excludes halogenated alkanes) is 2. The van der Waals surface area contributed by atoms with Gasteiger partial charge in [0, 0.05) is 11.6 Å². The van der Waals surface area contributed by atoms with Crippen LogP contribution >= 0.6 is 0 Å². The standard InChI is InChI=1S/C14H26N/c1-4-7-9-14-10-12-15(6-3,13-14)11-8-5-2/h10,12-13H,4-9,11H2,1-3H3/q+1. The Kier molecular flexibility index (Phi) is 5.10. The lowest BCUT2D eigenvalue weighted by atomic mass is 10.1. The lowest BCUT2D eigenvalue weighted by Crippen LogP contribution is -2.36. The Hall–Kier alpha value is -0.560. The molecule has 0 bridgehead atoms. The van der Waals surface area contributed by atoms with Crippen LogP contribution in [0.15, 0.2) is 24.0 Å². The second-order valence-corrected chi connectivity index (χ2v) is 4.62. The predicted molar refractivity (Wildman–Crippen MR) is 67.3 cm³/mol. The van der Waals surface area contributed by atoms with E-state index in [0.717, 1.165) is 4.48 Å². The summed E-state index contributed by atoms with van der Waals surface area (Å²) in [5.41, 5.74) is 1.55. The number of nitrogens with zero attached hydrogens (tertiary/aromatic N) is 1. The van der Waals surface area contributed by atoms with Crippen molar-refractivity contribution in [2.24, 2.45) is 0 Å². The topological polar surface area (TPSA) is 0 Å². The summed E-state index contributed by atoms with van der Waals surface area (Å²) < 4.78 is 1.09. The second-order valence-electron chi connectivity index (χ2n) is 4.62. The molecule has 0 radical (unpaired) electrons. The zero-order valence-corrected chi connectivity index (χ0v) is 10.6. The van der Waals surface area contributed by atoms with Crippen molar-refractivity contribution in [3.8, 4) is 0 Å². The van der Waals surface area contributed by atoms with Gasteiger partial charge in [-0.3, -0.25) is 4.48 Å². The summed E-state index contributed by atoms with van der Waals surface area (Å²) in [6, 6.07) is 0. The predicted octanol–water partition coefficient (Wildman–Crippen LogP) is 4.22. The highest BCUT2D eigenvalue weighted by molar-refractivity contribution is 5.19. The third-order valence-corrected chi connectivity index (χ3v) is 3.34. The minimum absolute atomic E-state index is 1.09. The van der Waals surface area contributed by atoms with E-state index >= 15 is 0 Å². The Morgan fingerprint density at radius 1 is 1.07 bits per heavy atom. The van der Waals surface area contributed by atoms with Crippen LogP contribution in [0.3, 0.4) is 0 Å². The van der Waals surface area contributed by atoms with E-state index in [-0.39, 0.29) is 0 Å². The fourth-order valence-electron chi connectivity index (χ4n) is 2.14. The second kappa shape index (κ2) is 6.12. The average Bonchev–Trinajstić information content (AvgIpc) is 2.68. The minimum atomic E-state index is 1.09. The smallest absolute Gasteiger partial charge is 0.104 e. The van der Waals surface area contributed by atoms with Crippen LogP contribution in [0.5, 0.6) is 0 Å². The molecule has 1 rings (SSSR count). The molecule has 86 valence electrons. The molecular formula is C14H26N+. The molecule has 0 fully saturated rings. The van der Waals surface area contributed by atoms with E-state index in [0.29, 0.717) is 0 Å². The summed E-state index contributed by atoms with van der Waals surface area (Å²) in [6.07, 6.45) is 13.7. The van der Waals surface area contributed by atoms with Crippen molar-refractivity contribution < 1.29 is 4.48 Å². The van der Waals surface area contributed by atoms with Gasteiger partial charge in [-0.05, 0) is 26.2 Å². The van der Waals surface area contributed by atoms with Gasteiger partial charge in [0.25, 0.3) is 0 Å². The third kappa shape index (κ3) is 3.49. The summed E-state index contributed by atoms with van der Waals surface area (Å²) in [6.45, 7) is 9.30. The molecule has 0 N–H and O–H groups in total. The Morgan fingerprint density at radius 3 is 2.40 bits per heavy atom. The SMILES string of the molecule is CCCCC1=C[N+](CC)(CCCC)C=C1. The molecule has 1 heteroatoms. The highest BCUT2D eigenvalue weighted by Gasteiger charge is 2.24. The molecule has 0 aromatic heterocycles. The Bertz CT molecular complexity index is 240. The molecular weight excluding hydrogens is 182 g/mol. The lowest BCUT2D eigenvalue weighted by molar-refractivity contribution is -0.824. The number of hydrogen-bond acceptors (Lipinski definition) is 0. The molecule has 0 saturated heterocycles. The highest BCUT2D eigenvalue weighted by Crippen LogP contribution is 2.24. The summed E-state index contributed by atoms with van der Waals surface area (Å²) in [4.78, 5) is 0. The minimum Gasteiger partial charge on any atom is -0.271 e. The zero-order chi connectivity index (χ0) is 11.1. The Morgan fingerprint density at radius 2 is 1.80 bits per heavy atom. The van der Waals surface area contributed by atoms with Gasteiger partial charge in [-0.2, -0.15) is 0 Å². The van der Waals surface area contributed by atoms with Gasteiger partial charge in [-0.1, -0.05) is 26.7 Å². The molecule has 0 amide bonds. The fourth-order valence-corrected chi connectivity index (χ4v) is 2.14. The number of hydrogen-bond donors (Lipinski definition) is 0. The van der Waals surface area contributed by atoms with Crippen LogP contribution in [-0.2, 0) is 0 Å². The fraction of sp³-hybridized carbons (Fsp3) is 0.714. The average molecular weight is 208 g/mol. The van der Waals surface area contributed by atoms with Gasteiger partial charge < -0.3 is 0 Å². The van der Waals surface area contributed by atoms with E-state index < -0.39 is 0 Å². The normalized spacial score (nSPS) is 24.6. The monoisotopic (exact) mass is 208 g/mol. The van der Waals surface area contributed by atoms with Crippen molar-refractivity contribution in [1.82, 2.24) is 0 Å². The molecule has 0 aromatic carbocycles. The van der Waals surface area contributed by atoms with Crippen molar-refractivity contribution in [1.29, 1.82) is 0 Å². The van der Waals surface area contributed by atoms with Crippen molar-refractivity contribution in [3.63, 3.8) is 0 Å². The summed E-state index contributed by atoms with van der Waals surface area (Å²) in [5, 5.41) is 0. The van der Waals surface area contributed by atoms with Crippen molar-refractivity contribution in [2.45, 2.75) is 52.9 Å². The third-order valence-electron chi connectivity index (χ3n) is 3.34.